The van der Waals surface area contributed by atoms with Crippen molar-refractivity contribution >= 4 is 5.78 Å². The number of Topliss-reactive ketones (excluding diaryl/α,β-unsaturated/α-hetero) is 1. The summed E-state index contributed by atoms with van der Waals surface area (Å²) in [7, 11) is 1.52. The number of nitrogens with one attached hydrogen (secondary N) is 1. The van der Waals surface area contributed by atoms with E-state index in [9.17, 15) is 18.7 Å². The van der Waals surface area contributed by atoms with Crippen LogP contribution in [0.2, 0.25) is 0 Å². The summed E-state index contributed by atoms with van der Waals surface area (Å²) in [5.41, 5.74) is -2.94. The van der Waals surface area contributed by atoms with Crippen molar-refractivity contribution in [3.05, 3.63) is 35.4 Å². The van der Waals surface area contributed by atoms with Gasteiger partial charge in [-0.2, -0.15) is 0 Å². The Bertz CT molecular complexity index is 516. The van der Waals surface area contributed by atoms with Crippen LogP contribution >= 0.6 is 0 Å². The van der Waals surface area contributed by atoms with E-state index in [1.165, 1.54) is 26.1 Å². The van der Waals surface area contributed by atoms with Crippen LogP contribution in [0, 0.1) is 11.6 Å². The first-order valence-electron chi connectivity index (χ1n) is 6.26. The molecule has 104 valence electrons. The van der Waals surface area contributed by atoms with Gasteiger partial charge >= 0.3 is 0 Å². The van der Waals surface area contributed by atoms with E-state index in [1.807, 2.05) is 0 Å². The largest absolute Gasteiger partial charge is 0.382 e. The Morgan fingerprint density at radius 3 is 2.63 bits per heavy atom. The molecule has 0 unspecified atom stereocenters. The fraction of sp³-hybridized carbons (Fsp3) is 0.500. The van der Waals surface area contributed by atoms with Crippen LogP contribution in [0.5, 0.6) is 0 Å². The van der Waals surface area contributed by atoms with Crippen molar-refractivity contribution in [3.8, 4) is 0 Å². The Hall–Kier alpha value is -1.33. The maximum atomic E-state index is 14.0. The molecule has 0 heterocycles. The van der Waals surface area contributed by atoms with Crippen molar-refractivity contribution < 1.29 is 18.7 Å². The molecule has 3 nitrogen and oxygen atoms in total. The van der Waals surface area contributed by atoms with Gasteiger partial charge in [-0.3, -0.25) is 4.79 Å². The second-order valence-corrected chi connectivity index (χ2v) is 5.21. The molecule has 1 saturated carbocycles. The maximum absolute atomic E-state index is 14.0. The number of aliphatic hydroxyl groups is 1. The molecular weight excluding hydrogens is 252 g/mol. The molecule has 1 fully saturated rings. The molecule has 5 heteroatoms. The van der Waals surface area contributed by atoms with E-state index in [-0.39, 0.29) is 5.56 Å². The molecule has 2 atom stereocenters. The lowest BCUT2D eigenvalue weighted by Crippen LogP contribution is -2.59. The molecular formula is C14H17F2NO2. The van der Waals surface area contributed by atoms with E-state index >= 15 is 0 Å². The summed E-state index contributed by atoms with van der Waals surface area (Å²) in [6.07, 6.45) is 1.21. The standard InChI is InChI=1S/C14H17F2NO2/c1-13(19)7-4-8-14(17-2,12(13)18)9-5-3-6-10(15)11(9)16/h3,5-6,17,19H,4,7-8H2,1-2H3/t13-,14+/m0/s1. The van der Waals surface area contributed by atoms with Crippen molar-refractivity contribution in [1.82, 2.24) is 5.32 Å². The second-order valence-electron chi connectivity index (χ2n) is 5.21. The zero-order valence-corrected chi connectivity index (χ0v) is 11.0. The lowest BCUT2D eigenvalue weighted by molar-refractivity contribution is -0.148. The fourth-order valence-corrected chi connectivity index (χ4v) is 2.85. The molecule has 0 spiro atoms. The van der Waals surface area contributed by atoms with Crippen molar-refractivity contribution in [2.75, 3.05) is 7.05 Å². The highest BCUT2D eigenvalue weighted by molar-refractivity contribution is 5.96. The molecule has 0 amide bonds. The fourth-order valence-electron chi connectivity index (χ4n) is 2.85. The summed E-state index contributed by atoms with van der Waals surface area (Å²) >= 11 is 0. The van der Waals surface area contributed by atoms with Gasteiger partial charge in [-0.25, -0.2) is 8.78 Å². The van der Waals surface area contributed by atoms with Crippen LogP contribution in [0.25, 0.3) is 0 Å². The number of halogens is 2. The minimum absolute atomic E-state index is 0.0417. The van der Waals surface area contributed by atoms with Gasteiger partial charge in [-0.1, -0.05) is 12.1 Å². The summed E-state index contributed by atoms with van der Waals surface area (Å²) in [6, 6.07) is 3.76. The summed E-state index contributed by atoms with van der Waals surface area (Å²) in [5, 5.41) is 12.9. The quantitative estimate of drug-likeness (QED) is 0.862. The van der Waals surface area contributed by atoms with Crippen molar-refractivity contribution in [2.45, 2.75) is 37.3 Å². The molecule has 1 aromatic carbocycles. The number of ketones is 1. The van der Waals surface area contributed by atoms with Gasteiger partial charge in [0.2, 0.25) is 0 Å². The van der Waals surface area contributed by atoms with Crippen molar-refractivity contribution in [2.24, 2.45) is 0 Å². The van der Waals surface area contributed by atoms with Crippen LogP contribution in [-0.2, 0) is 10.3 Å². The molecule has 0 aromatic heterocycles. The van der Waals surface area contributed by atoms with Crippen LogP contribution in [0.1, 0.15) is 31.7 Å². The zero-order chi connectivity index (χ0) is 14.3. The molecule has 0 aliphatic heterocycles. The second kappa shape index (κ2) is 4.65. The number of benzene rings is 1. The minimum atomic E-state index is -1.53. The Balaban J connectivity index is 2.60. The lowest BCUT2D eigenvalue weighted by Gasteiger charge is -2.42. The van der Waals surface area contributed by atoms with Crippen LogP contribution < -0.4 is 5.32 Å². The van der Waals surface area contributed by atoms with Gasteiger partial charge in [-0.15, -0.1) is 0 Å². The Morgan fingerprint density at radius 1 is 1.32 bits per heavy atom. The highest BCUT2D eigenvalue weighted by atomic mass is 19.2. The number of carbonyl (C=O) groups is 1. The first-order valence-corrected chi connectivity index (χ1v) is 6.26. The number of hydrogen-bond acceptors (Lipinski definition) is 3. The summed E-state index contributed by atoms with van der Waals surface area (Å²) in [4.78, 5) is 12.5. The molecule has 2 rings (SSSR count). The summed E-state index contributed by atoms with van der Waals surface area (Å²) in [5.74, 6) is -2.55. The highest BCUT2D eigenvalue weighted by Crippen LogP contribution is 2.40. The zero-order valence-electron chi connectivity index (χ0n) is 11.0. The minimum Gasteiger partial charge on any atom is -0.382 e. The van der Waals surface area contributed by atoms with Gasteiger partial charge in [-0.05, 0) is 39.3 Å². The number of hydrogen-bond donors (Lipinski definition) is 2. The monoisotopic (exact) mass is 269 g/mol. The van der Waals surface area contributed by atoms with Gasteiger partial charge in [0.1, 0.15) is 11.1 Å². The summed E-state index contributed by atoms with van der Waals surface area (Å²) < 4.78 is 27.4. The first-order chi connectivity index (χ1) is 8.85. The van der Waals surface area contributed by atoms with Gasteiger partial charge in [0.15, 0.2) is 17.4 Å². The average Bonchev–Trinajstić information content (AvgIpc) is 2.37. The Kier molecular flexibility index (Phi) is 3.45. The van der Waals surface area contributed by atoms with E-state index in [0.29, 0.717) is 19.3 Å². The topological polar surface area (TPSA) is 49.3 Å². The van der Waals surface area contributed by atoms with E-state index < -0.39 is 28.6 Å². The lowest BCUT2D eigenvalue weighted by atomic mass is 9.69. The van der Waals surface area contributed by atoms with Crippen LogP contribution in [0.4, 0.5) is 8.78 Å². The van der Waals surface area contributed by atoms with Crippen molar-refractivity contribution in [3.63, 3.8) is 0 Å². The third-order valence-corrected chi connectivity index (χ3v) is 3.93. The van der Waals surface area contributed by atoms with Crippen LogP contribution in [0.3, 0.4) is 0 Å². The van der Waals surface area contributed by atoms with E-state index in [4.69, 9.17) is 0 Å². The van der Waals surface area contributed by atoms with Crippen LogP contribution in [0.15, 0.2) is 18.2 Å². The predicted molar refractivity (Wildman–Crippen MR) is 66.6 cm³/mol. The third kappa shape index (κ3) is 2.07. The van der Waals surface area contributed by atoms with Gasteiger partial charge < -0.3 is 10.4 Å². The van der Waals surface area contributed by atoms with E-state index in [1.54, 1.807) is 0 Å². The molecule has 0 saturated heterocycles. The van der Waals surface area contributed by atoms with Gasteiger partial charge in [0, 0.05) is 5.56 Å². The van der Waals surface area contributed by atoms with Gasteiger partial charge in [0.25, 0.3) is 0 Å². The molecule has 0 bridgehead atoms. The molecule has 19 heavy (non-hydrogen) atoms. The molecule has 0 radical (unpaired) electrons. The molecule has 2 N–H and O–H groups in total. The smallest absolute Gasteiger partial charge is 0.188 e. The highest BCUT2D eigenvalue weighted by Gasteiger charge is 2.51. The molecule has 1 aromatic rings. The molecule has 1 aliphatic rings. The average molecular weight is 269 g/mol. The number of likely N-dealkylation sites (N-methyl/N-ethyl adjacent to an activating group) is 1. The third-order valence-electron chi connectivity index (χ3n) is 3.93. The normalized spacial score (nSPS) is 31.5. The van der Waals surface area contributed by atoms with Gasteiger partial charge in [0.05, 0.1) is 0 Å². The summed E-state index contributed by atoms with van der Waals surface area (Å²) in [6.45, 7) is 1.41. The SMILES string of the molecule is CN[C@@]1(c2cccc(F)c2F)CCC[C@](C)(O)C1=O. The van der Waals surface area contributed by atoms with Crippen LogP contribution in [-0.4, -0.2) is 23.5 Å². The Labute approximate surface area is 110 Å². The Morgan fingerprint density at radius 2 is 2.00 bits per heavy atom. The molecule has 1 aliphatic carbocycles. The van der Waals surface area contributed by atoms with E-state index in [2.05, 4.69) is 5.32 Å². The van der Waals surface area contributed by atoms with E-state index in [0.717, 1.165) is 6.07 Å². The number of carbonyl (C=O) groups excluding carboxylic acids is 1. The predicted octanol–water partition coefficient (Wildman–Crippen LogP) is 1.88. The van der Waals surface area contributed by atoms with Crippen molar-refractivity contribution in [1.29, 1.82) is 0 Å². The number of rotatable bonds is 2. The maximum Gasteiger partial charge on any atom is 0.188 e. The first kappa shape index (κ1) is 14.1.